The Kier molecular flexibility index (Phi) is 3.46. The van der Waals surface area contributed by atoms with Crippen molar-refractivity contribution in [3.8, 4) is 0 Å². The molecule has 2 aliphatic rings. The highest BCUT2D eigenvalue weighted by Crippen LogP contribution is 2.49. The lowest BCUT2D eigenvalue weighted by atomic mass is 9.57. The molecule has 6 atom stereocenters. The molecule has 2 heteroatoms. The molecule has 0 heterocycles. The Bertz CT molecular complexity index is 274. The maximum Gasteiger partial charge on any atom is 0.123 e. The first-order valence-corrected chi connectivity index (χ1v) is 6.58. The van der Waals surface area contributed by atoms with E-state index in [0.717, 1.165) is 37.8 Å². The minimum Gasteiger partial charge on any atom is -0.303 e. The largest absolute Gasteiger partial charge is 0.303 e. The fourth-order valence-electron chi connectivity index (χ4n) is 4.01. The molecule has 6 unspecified atom stereocenters. The number of hydrogen-bond acceptors (Lipinski definition) is 2. The van der Waals surface area contributed by atoms with E-state index in [4.69, 9.17) is 0 Å². The standard InChI is InChI=1S/C14H22O2/c1-9-5-12(8-16)10(2)14-6-11(7-15)3-4-13(9)14/h7-14H,3-6H2,1-2H3. The van der Waals surface area contributed by atoms with Gasteiger partial charge < -0.3 is 9.59 Å². The van der Waals surface area contributed by atoms with Gasteiger partial charge in [-0.25, -0.2) is 0 Å². The monoisotopic (exact) mass is 222 g/mol. The second kappa shape index (κ2) is 4.68. The van der Waals surface area contributed by atoms with E-state index in [1.807, 2.05) is 0 Å². The van der Waals surface area contributed by atoms with Crippen LogP contribution in [0.2, 0.25) is 0 Å². The highest BCUT2D eigenvalue weighted by molar-refractivity contribution is 5.55. The number of fused-ring (bicyclic) bond motifs is 1. The molecule has 16 heavy (non-hydrogen) atoms. The minimum atomic E-state index is 0.224. The van der Waals surface area contributed by atoms with Gasteiger partial charge in [0.2, 0.25) is 0 Å². The molecule has 0 aromatic heterocycles. The molecule has 0 aromatic carbocycles. The van der Waals surface area contributed by atoms with E-state index in [1.165, 1.54) is 6.42 Å². The summed E-state index contributed by atoms with van der Waals surface area (Å²) >= 11 is 0. The Labute approximate surface area is 97.8 Å². The van der Waals surface area contributed by atoms with Gasteiger partial charge >= 0.3 is 0 Å². The first-order chi connectivity index (χ1) is 7.67. The molecule has 0 bridgehead atoms. The van der Waals surface area contributed by atoms with Crippen LogP contribution < -0.4 is 0 Å². The summed E-state index contributed by atoms with van der Waals surface area (Å²) in [6, 6.07) is 0. The van der Waals surface area contributed by atoms with Gasteiger partial charge in [-0.1, -0.05) is 13.8 Å². The Balaban J connectivity index is 2.13. The van der Waals surface area contributed by atoms with Crippen LogP contribution in [-0.2, 0) is 9.59 Å². The molecule has 0 amide bonds. The molecule has 0 aliphatic heterocycles. The van der Waals surface area contributed by atoms with Gasteiger partial charge in [-0.3, -0.25) is 0 Å². The van der Waals surface area contributed by atoms with E-state index in [0.29, 0.717) is 17.8 Å². The lowest BCUT2D eigenvalue weighted by Crippen LogP contribution is -2.42. The van der Waals surface area contributed by atoms with E-state index in [2.05, 4.69) is 13.8 Å². The molecule has 2 saturated carbocycles. The van der Waals surface area contributed by atoms with Crippen LogP contribution >= 0.6 is 0 Å². The first-order valence-electron chi connectivity index (χ1n) is 6.58. The van der Waals surface area contributed by atoms with Crippen LogP contribution in [-0.4, -0.2) is 12.6 Å². The second-order valence-corrected chi connectivity index (χ2v) is 5.91. The Hall–Kier alpha value is -0.660. The van der Waals surface area contributed by atoms with E-state index in [-0.39, 0.29) is 11.8 Å². The zero-order valence-electron chi connectivity index (χ0n) is 10.3. The van der Waals surface area contributed by atoms with Crippen molar-refractivity contribution in [1.29, 1.82) is 0 Å². The quantitative estimate of drug-likeness (QED) is 0.673. The fourth-order valence-corrected chi connectivity index (χ4v) is 4.01. The predicted octanol–water partition coefficient (Wildman–Crippen LogP) is 2.71. The third-order valence-electron chi connectivity index (χ3n) is 5.09. The van der Waals surface area contributed by atoms with Crippen LogP contribution in [0.25, 0.3) is 0 Å². The van der Waals surface area contributed by atoms with Gasteiger partial charge in [-0.15, -0.1) is 0 Å². The minimum absolute atomic E-state index is 0.224. The maximum atomic E-state index is 11.1. The molecule has 0 aromatic rings. The highest BCUT2D eigenvalue weighted by atomic mass is 16.1. The maximum absolute atomic E-state index is 11.1. The number of hydrogen-bond donors (Lipinski definition) is 0. The smallest absolute Gasteiger partial charge is 0.123 e. The van der Waals surface area contributed by atoms with E-state index in [1.54, 1.807) is 0 Å². The van der Waals surface area contributed by atoms with Crippen LogP contribution in [0.5, 0.6) is 0 Å². The zero-order valence-corrected chi connectivity index (χ0v) is 10.3. The molecule has 0 N–H and O–H groups in total. The predicted molar refractivity (Wildman–Crippen MR) is 62.9 cm³/mol. The third-order valence-corrected chi connectivity index (χ3v) is 5.09. The molecule has 0 saturated heterocycles. The van der Waals surface area contributed by atoms with Crippen LogP contribution in [0, 0.1) is 35.5 Å². The summed E-state index contributed by atoms with van der Waals surface area (Å²) in [5, 5.41) is 0. The van der Waals surface area contributed by atoms with E-state index < -0.39 is 0 Å². The fraction of sp³-hybridized carbons (Fsp3) is 0.857. The molecule has 2 rings (SSSR count). The van der Waals surface area contributed by atoms with Crippen LogP contribution in [0.4, 0.5) is 0 Å². The Morgan fingerprint density at radius 2 is 1.69 bits per heavy atom. The average Bonchev–Trinajstić information content (AvgIpc) is 2.33. The van der Waals surface area contributed by atoms with Crippen molar-refractivity contribution in [3.63, 3.8) is 0 Å². The molecule has 2 aliphatic carbocycles. The summed E-state index contributed by atoms with van der Waals surface area (Å²) < 4.78 is 0. The van der Waals surface area contributed by atoms with Crippen molar-refractivity contribution in [2.45, 2.75) is 39.5 Å². The summed E-state index contributed by atoms with van der Waals surface area (Å²) in [5.41, 5.74) is 0. The van der Waals surface area contributed by atoms with Gasteiger partial charge in [-0.2, -0.15) is 0 Å². The summed E-state index contributed by atoms with van der Waals surface area (Å²) in [4.78, 5) is 22.0. The van der Waals surface area contributed by atoms with Crippen molar-refractivity contribution in [3.05, 3.63) is 0 Å². The molecule has 90 valence electrons. The summed E-state index contributed by atoms with van der Waals surface area (Å²) in [7, 11) is 0. The summed E-state index contributed by atoms with van der Waals surface area (Å²) in [6.45, 7) is 4.48. The Morgan fingerprint density at radius 1 is 0.938 bits per heavy atom. The van der Waals surface area contributed by atoms with Gasteiger partial charge in [-0.05, 0) is 49.4 Å². The average molecular weight is 222 g/mol. The van der Waals surface area contributed by atoms with Crippen molar-refractivity contribution >= 4 is 12.6 Å². The molecule has 0 radical (unpaired) electrons. The first kappa shape index (κ1) is 11.8. The van der Waals surface area contributed by atoms with Gasteiger partial charge in [0.05, 0.1) is 0 Å². The van der Waals surface area contributed by atoms with Gasteiger partial charge in [0.15, 0.2) is 0 Å². The lowest BCUT2D eigenvalue weighted by molar-refractivity contribution is -0.119. The van der Waals surface area contributed by atoms with Crippen LogP contribution in [0.15, 0.2) is 0 Å². The number of carbonyl (C=O) groups is 2. The zero-order chi connectivity index (χ0) is 11.7. The summed E-state index contributed by atoms with van der Waals surface area (Å²) in [5.74, 6) is 2.96. The van der Waals surface area contributed by atoms with Crippen LogP contribution in [0.1, 0.15) is 39.5 Å². The molecule has 0 spiro atoms. The lowest BCUT2D eigenvalue weighted by Gasteiger charge is -2.47. The topological polar surface area (TPSA) is 34.1 Å². The molecule has 2 fully saturated rings. The van der Waals surface area contributed by atoms with Gasteiger partial charge in [0, 0.05) is 11.8 Å². The SMILES string of the molecule is CC1CC(C=O)C(C)C2CC(C=O)CCC12. The van der Waals surface area contributed by atoms with E-state index >= 15 is 0 Å². The van der Waals surface area contributed by atoms with Crippen LogP contribution in [0.3, 0.4) is 0 Å². The second-order valence-electron chi connectivity index (χ2n) is 5.91. The Morgan fingerprint density at radius 3 is 2.31 bits per heavy atom. The molecular weight excluding hydrogens is 200 g/mol. The highest BCUT2D eigenvalue weighted by Gasteiger charge is 2.43. The van der Waals surface area contributed by atoms with Gasteiger partial charge in [0.1, 0.15) is 12.6 Å². The van der Waals surface area contributed by atoms with Gasteiger partial charge in [0.25, 0.3) is 0 Å². The molecular formula is C14H22O2. The number of aldehydes is 2. The number of rotatable bonds is 2. The number of carbonyl (C=O) groups excluding carboxylic acids is 2. The van der Waals surface area contributed by atoms with Crippen molar-refractivity contribution in [1.82, 2.24) is 0 Å². The molecule has 2 nitrogen and oxygen atoms in total. The van der Waals surface area contributed by atoms with E-state index in [9.17, 15) is 9.59 Å². The van der Waals surface area contributed by atoms with Crippen molar-refractivity contribution in [2.24, 2.45) is 35.5 Å². The normalized spacial score (nSPS) is 48.1. The van der Waals surface area contributed by atoms with Crippen molar-refractivity contribution in [2.75, 3.05) is 0 Å². The third kappa shape index (κ3) is 1.94. The summed E-state index contributed by atoms with van der Waals surface area (Å²) in [6.07, 6.45) is 6.58. The van der Waals surface area contributed by atoms with Crippen molar-refractivity contribution < 1.29 is 9.59 Å².